The zero-order chi connectivity index (χ0) is 15.1. The van der Waals surface area contributed by atoms with Gasteiger partial charge in [0.05, 0.1) is 0 Å². The van der Waals surface area contributed by atoms with Crippen molar-refractivity contribution in [1.82, 2.24) is 0 Å². The molecular weight excluding hydrogens is 252 g/mol. The van der Waals surface area contributed by atoms with Crippen LogP contribution >= 0.6 is 0 Å². The molecule has 0 amide bonds. The standard InChI is InChI=1S/C21H24/c1-16-17(2)21(15-20(16,3)4,18-11-7-5-8-12-18)19-13-9-6-10-14-19/h5-14H,15H2,1-4H3. The second-order valence-corrected chi connectivity index (χ2v) is 6.95. The molecule has 3 rings (SSSR count). The van der Waals surface area contributed by atoms with Crippen LogP contribution in [0.5, 0.6) is 0 Å². The van der Waals surface area contributed by atoms with E-state index in [0.717, 1.165) is 6.42 Å². The molecule has 1 aliphatic carbocycles. The van der Waals surface area contributed by atoms with Crippen LogP contribution in [0.3, 0.4) is 0 Å². The fourth-order valence-electron chi connectivity index (χ4n) is 4.00. The van der Waals surface area contributed by atoms with Crippen LogP contribution in [0.15, 0.2) is 71.8 Å². The van der Waals surface area contributed by atoms with Crippen molar-refractivity contribution in [2.75, 3.05) is 0 Å². The van der Waals surface area contributed by atoms with Crippen LogP contribution < -0.4 is 0 Å². The Bertz CT molecular complexity index is 620. The first-order chi connectivity index (χ1) is 9.98. The highest BCUT2D eigenvalue weighted by Crippen LogP contribution is 2.56. The normalized spacial score (nSPS) is 19.8. The van der Waals surface area contributed by atoms with Gasteiger partial charge in [-0.3, -0.25) is 0 Å². The molecule has 0 spiro atoms. The van der Waals surface area contributed by atoms with E-state index in [1.165, 1.54) is 22.3 Å². The Hall–Kier alpha value is -1.82. The SMILES string of the molecule is CC1=C(C)C(c2ccccc2)(c2ccccc2)CC1(C)C. The van der Waals surface area contributed by atoms with Gasteiger partial charge in [0.25, 0.3) is 0 Å². The molecule has 2 aromatic carbocycles. The summed E-state index contributed by atoms with van der Waals surface area (Å²) in [5.41, 5.74) is 6.16. The van der Waals surface area contributed by atoms with E-state index in [0.29, 0.717) is 0 Å². The van der Waals surface area contributed by atoms with E-state index < -0.39 is 0 Å². The van der Waals surface area contributed by atoms with Crippen molar-refractivity contribution < 1.29 is 0 Å². The summed E-state index contributed by atoms with van der Waals surface area (Å²) in [4.78, 5) is 0. The maximum absolute atomic E-state index is 2.37. The molecule has 0 radical (unpaired) electrons. The minimum atomic E-state index is 0.0239. The van der Waals surface area contributed by atoms with Crippen molar-refractivity contribution in [2.45, 2.75) is 39.5 Å². The monoisotopic (exact) mass is 276 g/mol. The molecule has 0 saturated heterocycles. The first-order valence-corrected chi connectivity index (χ1v) is 7.78. The number of allylic oxidation sites excluding steroid dienone is 2. The lowest BCUT2D eigenvalue weighted by Crippen LogP contribution is -2.28. The summed E-state index contributed by atoms with van der Waals surface area (Å²) in [6.45, 7) is 9.38. The Morgan fingerprint density at radius 1 is 0.667 bits per heavy atom. The van der Waals surface area contributed by atoms with Crippen LogP contribution in [0.1, 0.15) is 45.2 Å². The molecule has 2 aromatic rings. The Morgan fingerprint density at radius 2 is 1.10 bits per heavy atom. The molecule has 0 aliphatic heterocycles. The molecule has 0 heterocycles. The molecule has 21 heavy (non-hydrogen) atoms. The van der Waals surface area contributed by atoms with E-state index in [1.807, 2.05) is 0 Å². The summed E-state index contributed by atoms with van der Waals surface area (Å²) in [5, 5.41) is 0. The lowest BCUT2D eigenvalue weighted by atomic mass is 9.68. The van der Waals surface area contributed by atoms with E-state index in [-0.39, 0.29) is 10.8 Å². The van der Waals surface area contributed by atoms with Crippen LogP contribution in [0.2, 0.25) is 0 Å². The van der Waals surface area contributed by atoms with Crippen molar-refractivity contribution in [3.63, 3.8) is 0 Å². The van der Waals surface area contributed by atoms with Gasteiger partial charge in [-0.1, -0.05) is 85.7 Å². The third-order valence-corrected chi connectivity index (χ3v) is 5.46. The van der Waals surface area contributed by atoms with Crippen LogP contribution in [-0.4, -0.2) is 0 Å². The Labute approximate surface area is 128 Å². The molecule has 0 N–H and O–H groups in total. The lowest BCUT2D eigenvalue weighted by molar-refractivity contribution is 0.381. The zero-order valence-corrected chi connectivity index (χ0v) is 13.5. The van der Waals surface area contributed by atoms with Crippen LogP contribution in [0, 0.1) is 5.41 Å². The smallest absolute Gasteiger partial charge is 0.0419 e. The van der Waals surface area contributed by atoms with Gasteiger partial charge in [-0.05, 0) is 36.8 Å². The lowest BCUT2D eigenvalue weighted by Gasteiger charge is -2.35. The van der Waals surface area contributed by atoms with Crippen LogP contribution in [0.4, 0.5) is 0 Å². The third kappa shape index (κ3) is 2.05. The van der Waals surface area contributed by atoms with Gasteiger partial charge < -0.3 is 0 Å². The Balaban J connectivity index is 2.29. The maximum atomic E-state index is 2.37. The van der Waals surface area contributed by atoms with Crippen molar-refractivity contribution in [2.24, 2.45) is 5.41 Å². The number of hydrogen-bond donors (Lipinski definition) is 0. The molecule has 0 heteroatoms. The van der Waals surface area contributed by atoms with Gasteiger partial charge in [0.2, 0.25) is 0 Å². The van der Waals surface area contributed by atoms with Crippen molar-refractivity contribution in [3.05, 3.63) is 82.9 Å². The first-order valence-electron chi connectivity index (χ1n) is 7.78. The molecule has 0 saturated carbocycles. The predicted molar refractivity (Wildman–Crippen MR) is 90.4 cm³/mol. The molecule has 0 bridgehead atoms. The first kappa shape index (κ1) is 14.1. The van der Waals surface area contributed by atoms with Crippen LogP contribution in [0.25, 0.3) is 0 Å². The van der Waals surface area contributed by atoms with Crippen molar-refractivity contribution >= 4 is 0 Å². The van der Waals surface area contributed by atoms with E-state index in [9.17, 15) is 0 Å². The second-order valence-electron chi connectivity index (χ2n) is 6.95. The minimum absolute atomic E-state index is 0.0239. The largest absolute Gasteiger partial charge is 0.0675 e. The Kier molecular flexibility index (Phi) is 3.28. The quantitative estimate of drug-likeness (QED) is 0.614. The van der Waals surface area contributed by atoms with Gasteiger partial charge in [-0.25, -0.2) is 0 Å². The van der Waals surface area contributed by atoms with E-state index in [4.69, 9.17) is 0 Å². The molecule has 0 aromatic heterocycles. The average molecular weight is 276 g/mol. The predicted octanol–water partition coefficient (Wildman–Crippen LogP) is 5.74. The highest BCUT2D eigenvalue weighted by Gasteiger charge is 2.48. The molecule has 1 aliphatic rings. The summed E-state index contributed by atoms with van der Waals surface area (Å²) in [5.74, 6) is 0. The summed E-state index contributed by atoms with van der Waals surface area (Å²) in [6.07, 6.45) is 1.14. The highest BCUT2D eigenvalue weighted by atomic mass is 14.5. The molecule has 0 unspecified atom stereocenters. The van der Waals surface area contributed by atoms with E-state index in [1.54, 1.807) is 0 Å². The fraction of sp³-hybridized carbons (Fsp3) is 0.333. The Morgan fingerprint density at radius 3 is 1.43 bits per heavy atom. The van der Waals surface area contributed by atoms with Gasteiger partial charge in [0, 0.05) is 5.41 Å². The van der Waals surface area contributed by atoms with Crippen molar-refractivity contribution in [1.29, 1.82) is 0 Å². The molecular formula is C21H24. The van der Waals surface area contributed by atoms with Crippen LogP contribution in [-0.2, 0) is 5.41 Å². The second kappa shape index (κ2) is 4.87. The van der Waals surface area contributed by atoms with E-state index in [2.05, 4.69) is 88.4 Å². The highest BCUT2D eigenvalue weighted by molar-refractivity contribution is 5.53. The fourth-order valence-corrected chi connectivity index (χ4v) is 4.00. The summed E-state index contributed by atoms with van der Waals surface area (Å²) in [6, 6.07) is 22.0. The molecule has 108 valence electrons. The summed E-state index contributed by atoms with van der Waals surface area (Å²) < 4.78 is 0. The summed E-state index contributed by atoms with van der Waals surface area (Å²) in [7, 11) is 0. The third-order valence-electron chi connectivity index (χ3n) is 5.46. The van der Waals surface area contributed by atoms with Gasteiger partial charge in [-0.15, -0.1) is 0 Å². The number of benzene rings is 2. The van der Waals surface area contributed by atoms with Crippen molar-refractivity contribution in [3.8, 4) is 0 Å². The zero-order valence-electron chi connectivity index (χ0n) is 13.5. The molecule has 0 atom stereocenters. The molecule has 0 fully saturated rings. The summed E-state index contributed by atoms with van der Waals surface area (Å²) >= 11 is 0. The van der Waals surface area contributed by atoms with Gasteiger partial charge >= 0.3 is 0 Å². The van der Waals surface area contributed by atoms with Gasteiger partial charge in [-0.2, -0.15) is 0 Å². The van der Waals surface area contributed by atoms with Gasteiger partial charge in [0.1, 0.15) is 0 Å². The minimum Gasteiger partial charge on any atom is -0.0675 e. The van der Waals surface area contributed by atoms with Gasteiger partial charge in [0.15, 0.2) is 0 Å². The topological polar surface area (TPSA) is 0 Å². The van der Waals surface area contributed by atoms with E-state index >= 15 is 0 Å². The molecule has 0 nitrogen and oxygen atoms in total. The number of rotatable bonds is 2. The average Bonchev–Trinajstić information content (AvgIpc) is 2.70. The maximum Gasteiger partial charge on any atom is 0.0419 e. The number of hydrogen-bond acceptors (Lipinski definition) is 0.